The van der Waals surface area contributed by atoms with Gasteiger partial charge in [-0.1, -0.05) is 53.8 Å². The number of ether oxygens (including phenoxy) is 2. The van der Waals surface area contributed by atoms with Gasteiger partial charge in [0.05, 0.1) is 0 Å². The number of benzene rings is 2. The number of aromatic nitrogens is 4. The Morgan fingerprint density at radius 1 is 0.958 bits per heavy atom. The van der Waals surface area contributed by atoms with E-state index in [0.29, 0.717) is 6.61 Å². The molecule has 0 amide bonds. The molecule has 1 unspecified atom stereocenters. The van der Waals surface area contributed by atoms with Crippen LogP contribution in [0.5, 0.6) is 11.5 Å². The molecule has 0 saturated carbocycles. The van der Waals surface area contributed by atoms with E-state index in [1.54, 1.807) is 4.52 Å². The standard InChI is InChI=1S/C17H12N4O2S/c1-2-6-11(7-3-1)15-18-19-17-21(15)20-16(24-17)14-10-22-12-8-4-5-9-13(12)23-14/h1-9,14H,10H2. The molecule has 0 saturated heterocycles. The molecular weight excluding hydrogens is 324 g/mol. The van der Waals surface area contributed by atoms with Gasteiger partial charge < -0.3 is 9.47 Å². The zero-order chi connectivity index (χ0) is 15.9. The van der Waals surface area contributed by atoms with Crippen molar-refractivity contribution in [2.45, 2.75) is 6.10 Å². The summed E-state index contributed by atoms with van der Waals surface area (Å²) in [5.74, 6) is 2.23. The number of nitrogens with zero attached hydrogens (tertiary/aromatic N) is 4. The Labute approximate surface area is 141 Å². The molecule has 0 fully saturated rings. The lowest BCUT2D eigenvalue weighted by molar-refractivity contribution is 0.0904. The van der Waals surface area contributed by atoms with Gasteiger partial charge >= 0.3 is 0 Å². The summed E-state index contributed by atoms with van der Waals surface area (Å²) in [6.45, 7) is 0.432. The van der Waals surface area contributed by atoms with Crippen molar-refractivity contribution in [2.75, 3.05) is 6.61 Å². The Kier molecular flexibility index (Phi) is 2.99. The van der Waals surface area contributed by atoms with Gasteiger partial charge in [-0.05, 0) is 12.1 Å². The highest BCUT2D eigenvalue weighted by molar-refractivity contribution is 7.16. The predicted octanol–water partition coefficient (Wildman–Crippen LogP) is 3.37. The quantitative estimate of drug-likeness (QED) is 0.562. The summed E-state index contributed by atoms with van der Waals surface area (Å²) in [7, 11) is 0. The van der Waals surface area contributed by atoms with E-state index in [1.807, 2.05) is 54.6 Å². The van der Waals surface area contributed by atoms with Crippen molar-refractivity contribution in [1.29, 1.82) is 0 Å². The van der Waals surface area contributed by atoms with Crippen LogP contribution in [0.15, 0.2) is 54.6 Å². The third-order valence-corrected chi connectivity index (χ3v) is 4.81. The van der Waals surface area contributed by atoms with Crippen LogP contribution >= 0.6 is 11.3 Å². The first-order valence-corrected chi connectivity index (χ1v) is 8.36. The summed E-state index contributed by atoms with van der Waals surface area (Å²) in [6.07, 6.45) is -0.241. The molecule has 3 heterocycles. The first kappa shape index (κ1) is 13.5. The Morgan fingerprint density at radius 2 is 1.75 bits per heavy atom. The number of para-hydroxylation sites is 2. The lowest BCUT2D eigenvalue weighted by Gasteiger charge is -2.24. The Morgan fingerprint density at radius 3 is 2.62 bits per heavy atom. The molecule has 0 radical (unpaired) electrons. The van der Waals surface area contributed by atoms with Crippen molar-refractivity contribution in [1.82, 2.24) is 19.8 Å². The van der Waals surface area contributed by atoms with Crippen molar-refractivity contribution >= 4 is 16.3 Å². The highest BCUT2D eigenvalue weighted by Crippen LogP contribution is 2.37. The van der Waals surface area contributed by atoms with Crippen molar-refractivity contribution in [3.8, 4) is 22.9 Å². The van der Waals surface area contributed by atoms with E-state index >= 15 is 0 Å². The fourth-order valence-corrected chi connectivity index (χ4v) is 3.52. The molecule has 1 atom stereocenters. The molecule has 118 valence electrons. The van der Waals surface area contributed by atoms with Crippen LogP contribution in [-0.2, 0) is 0 Å². The van der Waals surface area contributed by atoms with Crippen LogP contribution in [-0.4, -0.2) is 26.4 Å². The Bertz CT molecular complexity index is 1010. The van der Waals surface area contributed by atoms with Crippen molar-refractivity contribution in [3.05, 3.63) is 59.6 Å². The van der Waals surface area contributed by atoms with Gasteiger partial charge in [-0.3, -0.25) is 0 Å². The van der Waals surface area contributed by atoms with E-state index in [4.69, 9.17) is 9.47 Å². The van der Waals surface area contributed by atoms with E-state index in [-0.39, 0.29) is 6.10 Å². The second kappa shape index (κ2) is 5.31. The summed E-state index contributed by atoms with van der Waals surface area (Å²) in [5.41, 5.74) is 0.980. The molecule has 0 aliphatic carbocycles. The number of fused-ring (bicyclic) bond motifs is 2. The van der Waals surface area contributed by atoms with Crippen molar-refractivity contribution in [2.24, 2.45) is 0 Å². The van der Waals surface area contributed by atoms with Crippen LogP contribution in [0.2, 0.25) is 0 Å². The molecule has 0 bridgehead atoms. The SMILES string of the molecule is c1ccc(-c2nnc3sc(C4COc5ccccc5O4)nn23)cc1. The maximum atomic E-state index is 6.02. The molecule has 6 nitrogen and oxygen atoms in total. The van der Waals surface area contributed by atoms with Crippen LogP contribution in [0.4, 0.5) is 0 Å². The molecule has 0 spiro atoms. The smallest absolute Gasteiger partial charge is 0.235 e. The summed E-state index contributed by atoms with van der Waals surface area (Å²) in [6, 6.07) is 17.6. The largest absolute Gasteiger partial charge is 0.485 e. The van der Waals surface area contributed by atoms with Crippen LogP contribution < -0.4 is 9.47 Å². The summed E-state index contributed by atoms with van der Waals surface area (Å²) >= 11 is 1.47. The molecule has 1 aliphatic rings. The first-order valence-electron chi connectivity index (χ1n) is 7.54. The van der Waals surface area contributed by atoms with E-state index in [1.165, 1.54) is 11.3 Å². The van der Waals surface area contributed by atoms with E-state index in [0.717, 1.165) is 32.9 Å². The Balaban J connectivity index is 1.52. The predicted molar refractivity (Wildman–Crippen MR) is 89.4 cm³/mol. The zero-order valence-corrected chi connectivity index (χ0v) is 13.3. The van der Waals surface area contributed by atoms with Gasteiger partial charge in [-0.2, -0.15) is 9.61 Å². The lowest BCUT2D eigenvalue weighted by atomic mass is 10.2. The van der Waals surface area contributed by atoms with Crippen LogP contribution in [0.1, 0.15) is 11.1 Å². The van der Waals surface area contributed by atoms with Crippen LogP contribution in [0.3, 0.4) is 0 Å². The van der Waals surface area contributed by atoms with Crippen LogP contribution in [0.25, 0.3) is 16.3 Å². The molecule has 1 aliphatic heterocycles. The second-order valence-corrected chi connectivity index (χ2v) is 6.38. The third-order valence-electron chi connectivity index (χ3n) is 3.82. The minimum atomic E-state index is -0.241. The van der Waals surface area contributed by atoms with Crippen molar-refractivity contribution < 1.29 is 9.47 Å². The highest BCUT2D eigenvalue weighted by Gasteiger charge is 2.26. The molecule has 2 aromatic heterocycles. The summed E-state index contributed by atoms with van der Waals surface area (Å²) < 4.78 is 13.6. The molecule has 4 aromatic rings. The fraction of sp³-hybridized carbons (Fsp3) is 0.118. The maximum Gasteiger partial charge on any atom is 0.235 e. The average molecular weight is 336 g/mol. The van der Waals surface area contributed by atoms with Gasteiger partial charge in [-0.15, -0.1) is 10.2 Å². The van der Waals surface area contributed by atoms with Gasteiger partial charge in [0, 0.05) is 5.56 Å². The average Bonchev–Trinajstić information content (AvgIpc) is 3.23. The monoisotopic (exact) mass is 336 g/mol. The number of hydrogen-bond donors (Lipinski definition) is 0. The number of rotatable bonds is 2. The van der Waals surface area contributed by atoms with E-state index in [9.17, 15) is 0 Å². The number of hydrogen-bond acceptors (Lipinski definition) is 6. The molecule has 5 rings (SSSR count). The first-order chi connectivity index (χ1) is 11.9. The van der Waals surface area contributed by atoms with E-state index in [2.05, 4.69) is 15.3 Å². The van der Waals surface area contributed by atoms with Crippen molar-refractivity contribution in [3.63, 3.8) is 0 Å². The molecular formula is C17H12N4O2S. The third kappa shape index (κ3) is 2.13. The van der Waals surface area contributed by atoms with Gasteiger partial charge in [0.1, 0.15) is 6.61 Å². The van der Waals surface area contributed by atoms with Gasteiger partial charge in [0.2, 0.25) is 4.96 Å². The maximum absolute atomic E-state index is 6.02. The normalized spacial score (nSPS) is 16.4. The Hall–Kier alpha value is -2.93. The van der Waals surface area contributed by atoms with Gasteiger partial charge in [0.15, 0.2) is 28.4 Å². The lowest BCUT2D eigenvalue weighted by Crippen LogP contribution is -2.21. The molecule has 0 N–H and O–H groups in total. The second-order valence-electron chi connectivity index (χ2n) is 5.39. The topological polar surface area (TPSA) is 61.5 Å². The minimum absolute atomic E-state index is 0.241. The zero-order valence-electron chi connectivity index (χ0n) is 12.5. The molecule has 24 heavy (non-hydrogen) atoms. The molecule has 2 aromatic carbocycles. The minimum Gasteiger partial charge on any atom is -0.485 e. The van der Waals surface area contributed by atoms with Gasteiger partial charge in [0.25, 0.3) is 0 Å². The summed E-state index contributed by atoms with van der Waals surface area (Å²) in [5, 5.41) is 13.9. The summed E-state index contributed by atoms with van der Waals surface area (Å²) in [4.78, 5) is 0.742. The van der Waals surface area contributed by atoms with Crippen LogP contribution in [0, 0.1) is 0 Å². The molecule has 7 heteroatoms. The fourth-order valence-electron chi connectivity index (χ4n) is 2.67. The van der Waals surface area contributed by atoms with E-state index < -0.39 is 0 Å². The van der Waals surface area contributed by atoms with Gasteiger partial charge in [-0.25, -0.2) is 0 Å². The highest BCUT2D eigenvalue weighted by atomic mass is 32.1.